The molecule has 0 radical (unpaired) electrons. The third-order valence-electron chi connectivity index (χ3n) is 28.7. The first-order valence-electron chi connectivity index (χ1n) is 48.8. The van der Waals surface area contributed by atoms with E-state index < -0.39 is 28.6 Å². The minimum Gasteiger partial charge on any atom is -0.309 e. The summed E-state index contributed by atoms with van der Waals surface area (Å²) in [6.07, 6.45) is 0. The molecule has 4 heteroatoms. The summed E-state index contributed by atoms with van der Waals surface area (Å²) >= 11 is 0. The second kappa shape index (κ2) is 37.1. The van der Waals surface area contributed by atoms with E-state index in [2.05, 4.69) is 544 Å². The van der Waals surface area contributed by atoms with Gasteiger partial charge in [0.05, 0.1) is 39.6 Å². The van der Waals surface area contributed by atoms with Gasteiger partial charge < -0.3 is 4.57 Å². The fourth-order valence-corrected chi connectivity index (χ4v) is 26.9. The highest BCUT2D eigenvalue weighted by atomic mass is 28.2. The Balaban J connectivity index is 0.000000112. The summed E-state index contributed by atoms with van der Waals surface area (Å²) in [6.45, 7) is 0. The molecule has 0 fully saturated rings. The molecular weight excluding hydrogens is 1730 g/mol. The number of hydrogen-bond donors (Lipinski definition) is 0. The summed E-state index contributed by atoms with van der Waals surface area (Å²) in [7, 11) is -1.93. The van der Waals surface area contributed by atoms with Gasteiger partial charge in [-0.1, -0.05) is 522 Å². The lowest BCUT2D eigenvalue weighted by atomic mass is 9.84. The molecule has 26 aromatic carbocycles. The Morgan fingerprint density at radius 3 is 0.914 bits per heavy atom. The lowest BCUT2D eigenvalue weighted by Gasteiger charge is -2.20. The highest BCUT2D eigenvalue weighted by Crippen LogP contribution is 2.51. The fourth-order valence-electron chi connectivity index (χ4n) is 22.3. The number of nitrogens with zero attached hydrogens (tertiary/aromatic N) is 1. The first-order valence-corrected chi connectivity index (χ1v) is 53.0. The maximum atomic E-state index is 2.52. The third kappa shape index (κ3) is 15.9. The molecule has 0 atom stereocenters. The van der Waals surface area contributed by atoms with Crippen molar-refractivity contribution in [2.75, 3.05) is 0 Å². The smallest absolute Gasteiger partial charge is 0.0875 e. The molecule has 0 saturated carbocycles. The molecule has 0 unspecified atom stereocenters. The summed E-state index contributed by atoms with van der Waals surface area (Å²) in [5, 5.41) is 37.1. The predicted molar refractivity (Wildman–Crippen MR) is 615 cm³/mol. The quantitative estimate of drug-likeness (QED) is 0.0548. The zero-order valence-electron chi connectivity index (χ0n) is 77.5. The molecule has 0 spiro atoms. The molecule has 1 heterocycles. The Morgan fingerprint density at radius 2 is 0.429 bits per heavy atom. The second-order valence-electron chi connectivity index (χ2n) is 37.1. The van der Waals surface area contributed by atoms with Crippen LogP contribution in [0.1, 0.15) is 0 Å². The van der Waals surface area contributed by atoms with E-state index in [1.807, 2.05) is 0 Å². The van der Waals surface area contributed by atoms with Crippen molar-refractivity contribution in [3.05, 3.63) is 540 Å². The fraction of sp³-hybridized carbons (Fsp3) is 0. The molecule has 0 bridgehead atoms. The molecule has 0 saturated heterocycles. The van der Waals surface area contributed by atoms with Crippen LogP contribution >= 0.6 is 0 Å². The lowest BCUT2D eigenvalue weighted by Crippen LogP contribution is -2.26. The van der Waals surface area contributed by atoms with Gasteiger partial charge >= 0.3 is 0 Å². The van der Waals surface area contributed by atoms with Crippen molar-refractivity contribution in [2.24, 2.45) is 0 Å². The molecule has 0 N–H and O–H groups in total. The van der Waals surface area contributed by atoms with Gasteiger partial charge in [-0.2, -0.15) is 0 Å². The number of hydrogen-bond acceptors (Lipinski definition) is 0. The first-order chi connectivity index (χ1) is 69.4. The Kier molecular flexibility index (Phi) is 22.4. The average molecular weight is 1830 g/mol. The van der Waals surface area contributed by atoms with E-state index in [0.717, 1.165) is 0 Å². The van der Waals surface area contributed by atoms with Crippen LogP contribution in [0.15, 0.2) is 540 Å². The van der Waals surface area contributed by atoms with Crippen LogP contribution in [0.2, 0.25) is 0 Å². The molecular formula is C136H95NSi3. The molecule has 0 aliphatic heterocycles. The van der Waals surface area contributed by atoms with E-state index in [-0.39, 0.29) is 0 Å². The topological polar surface area (TPSA) is 4.93 Å². The van der Waals surface area contributed by atoms with Gasteiger partial charge in [-0.15, -0.1) is 0 Å². The van der Waals surface area contributed by atoms with Crippen LogP contribution in [-0.2, 0) is 0 Å². The third-order valence-corrected chi connectivity index (χ3v) is 33.8. The molecule has 0 aliphatic carbocycles. The average Bonchev–Trinajstić information content (AvgIpc) is 0.896. The van der Waals surface area contributed by atoms with Crippen molar-refractivity contribution >= 4 is 189 Å². The van der Waals surface area contributed by atoms with Gasteiger partial charge in [-0.3, -0.25) is 0 Å². The van der Waals surface area contributed by atoms with Gasteiger partial charge in [0.2, 0.25) is 0 Å². The molecule has 1 nitrogen and oxygen atoms in total. The summed E-state index contributed by atoms with van der Waals surface area (Å²) in [4.78, 5) is 0. The first kappa shape index (κ1) is 84.5. The monoisotopic (exact) mass is 1830 g/mol. The van der Waals surface area contributed by atoms with Crippen LogP contribution in [0.3, 0.4) is 0 Å². The number of para-hydroxylation sites is 2. The molecule has 0 aliphatic rings. The van der Waals surface area contributed by atoms with Crippen molar-refractivity contribution in [1.82, 2.24) is 4.57 Å². The van der Waals surface area contributed by atoms with Crippen LogP contribution in [0.25, 0.3) is 224 Å². The largest absolute Gasteiger partial charge is 0.309 e. The van der Waals surface area contributed by atoms with Crippen LogP contribution < -0.4 is 31.1 Å². The standard InChI is InChI=1S/C52H35NSi.2C42H30Si/c1-2-15-37(16-3-1)54-38-30-31-46-48(33-38)51(34-26-28-36(29-27-34)53-49-24-12-10-20-42(49)43-21-11-13-25-50(43)53)44-22-8-9-23-45(44)52(46)47-32-35-14-4-5-17-39(35)40-18-6-7-19-41(40)47;1-3-13-29(14-4-1)31-17-11-18-32(27-31)41-37-22-9-10-23-38(37)42(36-24-12-16-30-15-7-8-21-35(30)36)40-28-34(25-26-39(40)41)43-33-19-5-2-6-20-33;1-3-12-29(13-4-1)32-16-11-17-33(26-32)41-37-20-9-10-21-38(37)42(34-23-22-30-14-7-8-15-31(30)27-34)40-28-36(24-25-39(40)41)43-35-18-5-2-6-19-35/h1-33H,54H2;2*1-28H,43H2. The minimum atomic E-state index is -0.685. The van der Waals surface area contributed by atoms with E-state index in [1.165, 1.54) is 255 Å². The Bertz CT molecular complexity index is 9380. The van der Waals surface area contributed by atoms with Crippen LogP contribution in [0.5, 0.6) is 0 Å². The van der Waals surface area contributed by atoms with E-state index in [1.54, 1.807) is 0 Å². The van der Waals surface area contributed by atoms with Gasteiger partial charge in [-0.25, -0.2) is 0 Å². The zero-order chi connectivity index (χ0) is 92.8. The molecule has 1 aromatic heterocycles. The number of rotatable bonds is 15. The van der Waals surface area contributed by atoms with E-state index in [9.17, 15) is 0 Å². The normalized spacial score (nSPS) is 11.8. The maximum absolute atomic E-state index is 2.52. The van der Waals surface area contributed by atoms with Crippen molar-refractivity contribution in [2.45, 2.75) is 0 Å². The summed E-state index contributed by atoms with van der Waals surface area (Å²) in [6, 6.07) is 200. The highest BCUT2D eigenvalue weighted by Gasteiger charge is 2.25. The van der Waals surface area contributed by atoms with E-state index in [4.69, 9.17) is 0 Å². The van der Waals surface area contributed by atoms with Gasteiger partial charge in [0.15, 0.2) is 0 Å². The summed E-state index contributed by atoms with van der Waals surface area (Å²) < 4.78 is 2.40. The Labute approximate surface area is 822 Å². The Morgan fingerprint density at radius 1 is 0.121 bits per heavy atom. The maximum Gasteiger partial charge on any atom is 0.0875 e. The lowest BCUT2D eigenvalue weighted by molar-refractivity contribution is 1.18. The number of benzene rings is 26. The zero-order valence-corrected chi connectivity index (χ0v) is 81.7. The number of aromatic nitrogens is 1. The number of fused-ring (bicyclic) bond motifs is 14. The minimum absolute atomic E-state index is 0.620. The molecule has 27 rings (SSSR count). The molecule has 0 amide bonds. The Hall–Kier alpha value is -17.2. The van der Waals surface area contributed by atoms with E-state index in [0.29, 0.717) is 0 Å². The van der Waals surface area contributed by atoms with E-state index >= 15 is 0 Å². The molecule has 27 aromatic rings. The van der Waals surface area contributed by atoms with Crippen LogP contribution in [-0.4, -0.2) is 33.1 Å². The summed E-state index contributed by atoms with van der Waals surface area (Å²) in [5.74, 6) is 0. The van der Waals surface area contributed by atoms with Crippen LogP contribution in [0.4, 0.5) is 0 Å². The van der Waals surface area contributed by atoms with Gasteiger partial charge in [0, 0.05) is 16.5 Å². The summed E-state index contributed by atoms with van der Waals surface area (Å²) in [5.41, 5.74) is 24.0. The second-order valence-corrected chi connectivity index (χ2v) is 43.1. The van der Waals surface area contributed by atoms with Crippen molar-refractivity contribution < 1.29 is 0 Å². The van der Waals surface area contributed by atoms with Gasteiger partial charge in [0.1, 0.15) is 0 Å². The predicted octanol–water partition coefficient (Wildman–Crippen LogP) is 30.4. The molecule has 140 heavy (non-hydrogen) atoms. The van der Waals surface area contributed by atoms with Crippen molar-refractivity contribution in [1.29, 1.82) is 0 Å². The highest BCUT2D eigenvalue weighted by molar-refractivity contribution is 6.69. The van der Waals surface area contributed by atoms with Crippen molar-refractivity contribution in [3.63, 3.8) is 0 Å². The van der Waals surface area contributed by atoms with Gasteiger partial charge in [0.25, 0.3) is 0 Å². The van der Waals surface area contributed by atoms with Gasteiger partial charge in [-0.05, 0) is 245 Å². The van der Waals surface area contributed by atoms with Crippen LogP contribution in [0, 0.1) is 0 Å². The molecule has 656 valence electrons. The SMILES string of the molecule is c1ccc([SiH2]c2ccc3c(-c4cc5ccccc5c5ccccc45)c4ccccc4c(-c4ccc(-n5c6ccccc6c6ccccc65)cc4)c3c2)cc1.c1ccc([SiH2]c2ccc3c(-c4cccc(-c5ccccc5)c4)c4ccccc4c(-c4ccc5ccccc5c4)c3c2)cc1.c1ccc([SiH2]c2ccc3c(-c4cccc(-c5ccccc5)c4)c4ccccc4c(-c4cccc5ccccc45)c3c2)cc1. The van der Waals surface area contributed by atoms with Crippen molar-refractivity contribution in [3.8, 4) is 94.7 Å².